The summed E-state index contributed by atoms with van der Waals surface area (Å²) in [5.41, 5.74) is 0.145. The van der Waals surface area contributed by atoms with E-state index in [-0.39, 0.29) is 28.5 Å². The summed E-state index contributed by atoms with van der Waals surface area (Å²) in [6.45, 7) is 3.57. The van der Waals surface area contributed by atoms with Crippen LogP contribution in [-0.4, -0.2) is 21.1 Å². The molecule has 26 heavy (non-hydrogen) atoms. The van der Waals surface area contributed by atoms with E-state index < -0.39 is 5.92 Å². The van der Waals surface area contributed by atoms with Gasteiger partial charge in [-0.3, -0.25) is 19.0 Å². The lowest BCUT2D eigenvalue weighted by Crippen LogP contribution is -2.40. The number of benzene rings is 1. The van der Waals surface area contributed by atoms with Gasteiger partial charge in [0, 0.05) is 17.0 Å². The minimum Gasteiger partial charge on any atom is -0.299 e. The molecule has 0 bridgehead atoms. The average molecular weight is 373 g/mol. The molecule has 1 fully saturated rings. The summed E-state index contributed by atoms with van der Waals surface area (Å²) in [7, 11) is 0. The lowest BCUT2D eigenvalue weighted by Gasteiger charge is -2.34. The van der Waals surface area contributed by atoms with Crippen LogP contribution < -0.4 is 5.56 Å². The quantitative estimate of drug-likeness (QED) is 0.775. The Morgan fingerprint density at radius 3 is 2.69 bits per heavy atom. The van der Waals surface area contributed by atoms with E-state index in [0.717, 1.165) is 31.5 Å². The first-order valence-corrected chi connectivity index (χ1v) is 9.44. The highest BCUT2D eigenvalue weighted by Gasteiger charge is 2.54. The van der Waals surface area contributed by atoms with Crippen LogP contribution in [0.3, 0.4) is 0 Å². The number of rotatable bonds is 3. The molecular weight excluding hydrogens is 352 g/mol. The topological polar surface area (TPSA) is 69.0 Å². The van der Waals surface area contributed by atoms with Crippen molar-refractivity contribution in [3.8, 4) is 0 Å². The van der Waals surface area contributed by atoms with Gasteiger partial charge in [-0.15, -0.1) is 0 Å². The van der Waals surface area contributed by atoms with Crippen LogP contribution in [-0.2, 0) is 21.5 Å². The molecule has 1 spiro atoms. The smallest absolute Gasteiger partial charge is 0.261 e. The van der Waals surface area contributed by atoms with Crippen LogP contribution in [0.2, 0.25) is 5.02 Å². The number of halogens is 1. The van der Waals surface area contributed by atoms with Gasteiger partial charge in [0.15, 0.2) is 0 Å². The molecule has 0 unspecified atom stereocenters. The van der Waals surface area contributed by atoms with Gasteiger partial charge in [-0.1, -0.05) is 18.0 Å². The number of aromatic nitrogens is 2. The molecule has 2 aliphatic rings. The standard InChI is InChI=1S/C20H21ClN2O3/c1-11(24)17(12(2)25)15-4-3-7-20(15)8-9-23-18(26)14-6-5-13(21)10-16(14)22-19(20)23/h5-6,10,15,17H,3-4,7-9H2,1-2H3/t15-,20-/m0/s1. The zero-order chi connectivity index (χ0) is 18.6. The van der Waals surface area contributed by atoms with Crippen LogP contribution in [0.15, 0.2) is 23.0 Å². The van der Waals surface area contributed by atoms with Crippen molar-refractivity contribution >= 4 is 34.1 Å². The molecule has 0 amide bonds. The zero-order valence-electron chi connectivity index (χ0n) is 14.9. The van der Waals surface area contributed by atoms with Gasteiger partial charge in [0.1, 0.15) is 17.4 Å². The predicted octanol–water partition coefficient (Wildman–Crippen LogP) is 3.29. The van der Waals surface area contributed by atoms with Crippen LogP contribution in [0.25, 0.3) is 10.9 Å². The fourth-order valence-corrected chi connectivity index (χ4v) is 5.40. The first kappa shape index (κ1) is 17.4. The molecule has 1 aromatic carbocycles. The maximum atomic E-state index is 13.0. The molecule has 136 valence electrons. The summed E-state index contributed by atoms with van der Waals surface area (Å²) in [6, 6.07) is 5.12. The fourth-order valence-electron chi connectivity index (χ4n) is 5.23. The third kappa shape index (κ3) is 2.37. The highest BCUT2D eigenvalue weighted by molar-refractivity contribution is 6.31. The van der Waals surface area contributed by atoms with Crippen molar-refractivity contribution in [2.45, 2.75) is 51.5 Å². The average Bonchev–Trinajstić information content (AvgIpc) is 3.13. The molecule has 1 saturated carbocycles. The van der Waals surface area contributed by atoms with E-state index >= 15 is 0 Å². The Morgan fingerprint density at radius 1 is 1.27 bits per heavy atom. The van der Waals surface area contributed by atoms with Gasteiger partial charge in [0.25, 0.3) is 5.56 Å². The Kier molecular flexibility index (Phi) is 4.03. The molecule has 4 rings (SSSR count). The van der Waals surface area contributed by atoms with Gasteiger partial charge in [0.2, 0.25) is 0 Å². The highest BCUT2D eigenvalue weighted by Crippen LogP contribution is 2.53. The van der Waals surface area contributed by atoms with E-state index in [1.807, 2.05) is 0 Å². The maximum Gasteiger partial charge on any atom is 0.261 e. The molecule has 0 radical (unpaired) electrons. The second-order valence-corrected chi connectivity index (χ2v) is 8.09. The Balaban J connectivity index is 1.93. The number of carbonyl (C=O) groups is 2. The van der Waals surface area contributed by atoms with E-state index in [0.29, 0.717) is 22.5 Å². The first-order valence-electron chi connectivity index (χ1n) is 9.06. The van der Waals surface area contributed by atoms with E-state index in [1.165, 1.54) is 13.8 Å². The minimum absolute atomic E-state index is 0.0635. The van der Waals surface area contributed by atoms with Gasteiger partial charge in [-0.25, -0.2) is 4.98 Å². The predicted molar refractivity (Wildman–Crippen MR) is 99.5 cm³/mol. The van der Waals surface area contributed by atoms with Crippen molar-refractivity contribution in [1.29, 1.82) is 0 Å². The Morgan fingerprint density at radius 2 is 2.00 bits per heavy atom. The van der Waals surface area contributed by atoms with Crippen molar-refractivity contribution in [1.82, 2.24) is 9.55 Å². The van der Waals surface area contributed by atoms with Gasteiger partial charge in [-0.05, 0) is 57.2 Å². The van der Waals surface area contributed by atoms with Gasteiger partial charge in [-0.2, -0.15) is 0 Å². The molecule has 0 saturated heterocycles. The number of fused-ring (bicyclic) bond motifs is 3. The lowest BCUT2D eigenvalue weighted by molar-refractivity contribution is -0.133. The van der Waals surface area contributed by atoms with Crippen LogP contribution in [0.1, 0.15) is 45.4 Å². The van der Waals surface area contributed by atoms with Crippen LogP contribution >= 0.6 is 11.6 Å². The Labute approximate surface area is 156 Å². The SMILES string of the molecule is CC(=O)C(C(C)=O)[C@@H]1CCC[C@]12CCn1c2nc2cc(Cl)ccc2c1=O. The fraction of sp³-hybridized carbons (Fsp3) is 0.500. The van der Waals surface area contributed by atoms with E-state index in [9.17, 15) is 14.4 Å². The minimum atomic E-state index is -0.615. The summed E-state index contributed by atoms with van der Waals surface area (Å²) in [5, 5.41) is 1.09. The summed E-state index contributed by atoms with van der Waals surface area (Å²) in [5.74, 6) is -0.153. The Bertz CT molecular complexity index is 982. The summed E-state index contributed by atoms with van der Waals surface area (Å²) >= 11 is 6.10. The van der Waals surface area contributed by atoms with Crippen molar-refractivity contribution in [2.75, 3.05) is 0 Å². The molecule has 1 aliphatic heterocycles. The number of Topliss-reactive ketones (excluding diaryl/α,β-unsaturated/α-hetero) is 2. The number of hydrogen-bond acceptors (Lipinski definition) is 4. The number of nitrogens with zero attached hydrogens (tertiary/aromatic N) is 2. The molecule has 5 nitrogen and oxygen atoms in total. The molecule has 0 N–H and O–H groups in total. The van der Waals surface area contributed by atoms with E-state index in [1.54, 1.807) is 22.8 Å². The van der Waals surface area contributed by atoms with Crippen LogP contribution in [0, 0.1) is 11.8 Å². The second-order valence-electron chi connectivity index (χ2n) is 7.66. The van der Waals surface area contributed by atoms with Gasteiger partial charge < -0.3 is 0 Å². The normalized spacial score (nSPS) is 24.5. The van der Waals surface area contributed by atoms with Gasteiger partial charge in [0.05, 0.1) is 16.8 Å². The summed E-state index contributed by atoms with van der Waals surface area (Å²) in [6.07, 6.45) is 3.35. The third-order valence-electron chi connectivity index (χ3n) is 6.27. The number of carbonyl (C=O) groups excluding carboxylic acids is 2. The molecule has 1 aromatic heterocycles. The van der Waals surface area contributed by atoms with Crippen molar-refractivity contribution < 1.29 is 9.59 Å². The van der Waals surface area contributed by atoms with Crippen molar-refractivity contribution in [3.63, 3.8) is 0 Å². The van der Waals surface area contributed by atoms with Crippen molar-refractivity contribution in [3.05, 3.63) is 39.4 Å². The van der Waals surface area contributed by atoms with Gasteiger partial charge >= 0.3 is 0 Å². The molecule has 1 aliphatic carbocycles. The van der Waals surface area contributed by atoms with E-state index in [2.05, 4.69) is 0 Å². The molecule has 2 aromatic rings. The largest absolute Gasteiger partial charge is 0.299 e. The highest BCUT2D eigenvalue weighted by atomic mass is 35.5. The van der Waals surface area contributed by atoms with Crippen molar-refractivity contribution in [2.24, 2.45) is 11.8 Å². The van der Waals surface area contributed by atoms with E-state index in [4.69, 9.17) is 16.6 Å². The zero-order valence-corrected chi connectivity index (χ0v) is 15.7. The van der Waals surface area contributed by atoms with Crippen LogP contribution in [0.4, 0.5) is 0 Å². The molecule has 2 heterocycles. The molecule has 2 atom stereocenters. The summed E-state index contributed by atoms with van der Waals surface area (Å²) in [4.78, 5) is 42.2. The number of hydrogen-bond donors (Lipinski definition) is 0. The maximum absolute atomic E-state index is 13.0. The molecule has 6 heteroatoms. The number of ketones is 2. The lowest BCUT2D eigenvalue weighted by atomic mass is 9.68. The second kappa shape index (κ2) is 6.02. The first-order chi connectivity index (χ1) is 12.3. The summed E-state index contributed by atoms with van der Waals surface area (Å²) < 4.78 is 1.74. The molecular formula is C20H21ClN2O3. The Hall–Kier alpha value is -2.01. The van der Waals surface area contributed by atoms with Crippen LogP contribution in [0.5, 0.6) is 0 Å². The third-order valence-corrected chi connectivity index (χ3v) is 6.51. The monoisotopic (exact) mass is 372 g/mol.